The Balaban J connectivity index is 2.23. The number of carboxylic acids is 1. The van der Waals surface area contributed by atoms with Crippen molar-refractivity contribution in [2.75, 3.05) is 0 Å². The van der Waals surface area contributed by atoms with Gasteiger partial charge in [-0.3, -0.25) is 19.2 Å². The summed E-state index contributed by atoms with van der Waals surface area (Å²) in [4.78, 5) is 64.2. The number of aromatic amines is 1. The van der Waals surface area contributed by atoms with E-state index in [0.717, 1.165) is 10.9 Å². The highest BCUT2D eigenvalue weighted by molar-refractivity contribution is 5.95. The van der Waals surface area contributed by atoms with E-state index in [1.807, 2.05) is 38.1 Å². The first-order valence-corrected chi connectivity index (χ1v) is 11.7. The number of para-hydroxylation sites is 1. The van der Waals surface area contributed by atoms with Crippen molar-refractivity contribution in [2.24, 2.45) is 17.4 Å². The Hall–Kier alpha value is -3.93. The fourth-order valence-corrected chi connectivity index (χ4v) is 3.59. The van der Waals surface area contributed by atoms with Crippen LogP contribution in [0, 0.1) is 5.92 Å². The van der Waals surface area contributed by atoms with Gasteiger partial charge in [-0.1, -0.05) is 38.5 Å². The number of carbonyl (C=O) groups is 5. The molecule has 0 aliphatic carbocycles. The van der Waals surface area contributed by atoms with Crippen LogP contribution >= 0.6 is 0 Å². The minimum absolute atomic E-state index is 0.0115. The zero-order valence-electron chi connectivity index (χ0n) is 20.5. The number of nitrogens with one attached hydrogen (secondary N) is 4. The number of H-pyrrole nitrogens is 1. The van der Waals surface area contributed by atoms with Crippen LogP contribution in [0.3, 0.4) is 0 Å². The van der Waals surface area contributed by atoms with Crippen LogP contribution in [0.2, 0.25) is 0 Å². The van der Waals surface area contributed by atoms with Gasteiger partial charge in [0.2, 0.25) is 23.6 Å². The molecule has 1 aromatic heterocycles. The molecule has 0 spiro atoms. The summed E-state index contributed by atoms with van der Waals surface area (Å²) in [6.07, 6.45) is 1.76. The quantitative estimate of drug-likeness (QED) is 0.191. The molecule has 0 saturated carbocycles. The van der Waals surface area contributed by atoms with Crippen LogP contribution in [0.4, 0.5) is 0 Å². The van der Waals surface area contributed by atoms with Crippen molar-refractivity contribution in [3.8, 4) is 0 Å². The van der Waals surface area contributed by atoms with Crippen LogP contribution in [-0.4, -0.2) is 63.9 Å². The molecule has 0 radical (unpaired) electrons. The van der Waals surface area contributed by atoms with Gasteiger partial charge in [0.05, 0.1) is 12.5 Å². The number of carbonyl (C=O) groups excluding carboxylic acids is 4. The van der Waals surface area contributed by atoms with E-state index < -0.39 is 60.2 Å². The van der Waals surface area contributed by atoms with Crippen LogP contribution in [0.25, 0.3) is 10.9 Å². The number of primary amides is 1. The normalized spacial score (nSPS) is 15.2. The van der Waals surface area contributed by atoms with Crippen LogP contribution < -0.4 is 27.4 Å². The van der Waals surface area contributed by atoms with Crippen molar-refractivity contribution in [1.82, 2.24) is 20.9 Å². The van der Waals surface area contributed by atoms with Crippen LogP contribution in [0.5, 0.6) is 0 Å². The molecule has 0 fully saturated rings. The second-order valence-electron chi connectivity index (χ2n) is 8.84. The molecule has 9 N–H and O–H groups in total. The molecule has 0 saturated heterocycles. The topological polar surface area (TPSA) is 209 Å². The maximum absolute atomic E-state index is 13.1. The number of hydrogen-bond acceptors (Lipinski definition) is 6. The fourth-order valence-electron chi connectivity index (χ4n) is 3.59. The van der Waals surface area contributed by atoms with Crippen molar-refractivity contribution < 1.29 is 29.1 Å². The van der Waals surface area contributed by atoms with E-state index in [9.17, 15) is 29.1 Å². The highest BCUT2D eigenvalue weighted by atomic mass is 16.4. The third-order valence-electron chi connectivity index (χ3n) is 6.06. The first-order valence-electron chi connectivity index (χ1n) is 11.7. The molecule has 2 rings (SSSR count). The van der Waals surface area contributed by atoms with E-state index in [-0.39, 0.29) is 12.3 Å². The molecule has 12 heteroatoms. The maximum atomic E-state index is 13.1. The molecule has 5 atom stereocenters. The van der Waals surface area contributed by atoms with Gasteiger partial charge in [0.15, 0.2) is 0 Å². The molecule has 196 valence electrons. The second kappa shape index (κ2) is 12.7. The standard InChI is InChI=1S/C24H34N6O6/c1-4-12(2)20(26)23(34)28-13(3)21(32)29-17(22(33)30-18(24(35)36)10-19(25)31)9-14-11-27-16-8-6-5-7-15(14)16/h5-8,11-13,17-18,20,27H,4,9-10,26H2,1-3H3,(H2,25,31)(H,28,34)(H,29,32)(H,30,33)(H,35,36). The Kier molecular flexibility index (Phi) is 9.97. The number of aliphatic carboxylic acids is 1. The van der Waals surface area contributed by atoms with Gasteiger partial charge in [-0.05, 0) is 24.5 Å². The van der Waals surface area contributed by atoms with Gasteiger partial charge in [-0.25, -0.2) is 4.79 Å². The van der Waals surface area contributed by atoms with E-state index in [0.29, 0.717) is 12.0 Å². The second-order valence-corrected chi connectivity index (χ2v) is 8.84. The van der Waals surface area contributed by atoms with Crippen molar-refractivity contribution >= 4 is 40.5 Å². The van der Waals surface area contributed by atoms with Crippen LogP contribution in [0.1, 0.15) is 39.2 Å². The molecule has 5 unspecified atom stereocenters. The molecule has 36 heavy (non-hydrogen) atoms. The summed E-state index contributed by atoms with van der Waals surface area (Å²) in [7, 11) is 0. The summed E-state index contributed by atoms with van der Waals surface area (Å²) in [5.74, 6) is -4.44. The number of amides is 4. The average molecular weight is 503 g/mol. The molecule has 0 bridgehead atoms. The van der Waals surface area contributed by atoms with Crippen LogP contribution in [-0.2, 0) is 30.4 Å². The van der Waals surface area contributed by atoms with Crippen molar-refractivity contribution in [3.63, 3.8) is 0 Å². The van der Waals surface area contributed by atoms with Crippen LogP contribution in [0.15, 0.2) is 30.5 Å². The van der Waals surface area contributed by atoms with Gasteiger partial charge in [-0.2, -0.15) is 0 Å². The van der Waals surface area contributed by atoms with Gasteiger partial charge in [0.25, 0.3) is 0 Å². The van der Waals surface area contributed by atoms with E-state index in [1.54, 1.807) is 6.20 Å². The third-order valence-corrected chi connectivity index (χ3v) is 6.06. The number of nitrogens with two attached hydrogens (primary N) is 2. The van der Waals surface area contributed by atoms with Gasteiger partial charge in [0.1, 0.15) is 18.1 Å². The monoisotopic (exact) mass is 502 g/mol. The first kappa shape index (κ1) is 28.3. The van der Waals surface area contributed by atoms with E-state index in [2.05, 4.69) is 20.9 Å². The molecule has 12 nitrogen and oxygen atoms in total. The maximum Gasteiger partial charge on any atom is 0.326 e. The summed E-state index contributed by atoms with van der Waals surface area (Å²) in [6.45, 7) is 5.16. The number of aromatic nitrogens is 1. The molecular formula is C24H34N6O6. The molecule has 4 amide bonds. The lowest BCUT2D eigenvalue weighted by atomic mass is 9.99. The highest BCUT2D eigenvalue weighted by Gasteiger charge is 2.30. The van der Waals surface area contributed by atoms with Gasteiger partial charge in [0, 0.05) is 23.5 Å². The molecular weight excluding hydrogens is 468 g/mol. The number of fused-ring (bicyclic) bond motifs is 1. The number of benzene rings is 1. The molecule has 1 aromatic carbocycles. The summed E-state index contributed by atoms with van der Waals surface area (Å²) in [6, 6.07) is 2.73. The number of hydrogen-bond donors (Lipinski definition) is 7. The number of rotatable bonds is 13. The molecule has 0 aliphatic rings. The van der Waals surface area contributed by atoms with Gasteiger partial charge in [-0.15, -0.1) is 0 Å². The molecule has 2 aromatic rings. The average Bonchev–Trinajstić information content (AvgIpc) is 3.24. The van der Waals surface area contributed by atoms with E-state index in [1.165, 1.54) is 6.92 Å². The Bertz CT molecular complexity index is 1120. The minimum atomic E-state index is -1.57. The predicted octanol–water partition coefficient (Wildman–Crippen LogP) is -0.482. The number of carboxylic acid groups (broad SMARTS) is 1. The lowest BCUT2D eigenvalue weighted by Crippen LogP contribution is -2.57. The van der Waals surface area contributed by atoms with E-state index >= 15 is 0 Å². The summed E-state index contributed by atoms with van der Waals surface area (Å²) in [5, 5.41) is 17.6. The summed E-state index contributed by atoms with van der Waals surface area (Å²) in [5.41, 5.74) is 12.5. The zero-order valence-corrected chi connectivity index (χ0v) is 20.5. The lowest BCUT2D eigenvalue weighted by molar-refractivity contribution is -0.143. The third kappa shape index (κ3) is 7.54. The van der Waals surface area contributed by atoms with Crippen molar-refractivity contribution in [2.45, 2.75) is 64.2 Å². The Morgan fingerprint density at radius 2 is 1.61 bits per heavy atom. The fraction of sp³-hybridized carbons (Fsp3) is 0.458. The smallest absolute Gasteiger partial charge is 0.326 e. The van der Waals surface area contributed by atoms with Crippen molar-refractivity contribution in [1.29, 1.82) is 0 Å². The summed E-state index contributed by atoms with van der Waals surface area (Å²) >= 11 is 0. The first-order chi connectivity index (χ1) is 16.9. The Morgan fingerprint density at radius 1 is 0.972 bits per heavy atom. The van der Waals surface area contributed by atoms with Gasteiger partial charge < -0.3 is 37.5 Å². The SMILES string of the molecule is CCC(C)C(N)C(=O)NC(C)C(=O)NC(Cc1c[nH]c2ccccc12)C(=O)NC(CC(N)=O)C(=O)O. The largest absolute Gasteiger partial charge is 0.480 e. The molecule has 1 heterocycles. The molecule has 0 aliphatic heterocycles. The Labute approximate surface area is 208 Å². The minimum Gasteiger partial charge on any atom is -0.480 e. The van der Waals surface area contributed by atoms with E-state index in [4.69, 9.17) is 11.5 Å². The van der Waals surface area contributed by atoms with Gasteiger partial charge >= 0.3 is 5.97 Å². The lowest BCUT2D eigenvalue weighted by Gasteiger charge is -2.24. The summed E-state index contributed by atoms with van der Waals surface area (Å²) < 4.78 is 0. The highest BCUT2D eigenvalue weighted by Crippen LogP contribution is 2.19. The predicted molar refractivity (Wildman–Crippen MR) is 132 cm³/mol. The Morgan fingerprint density at radius 3 is 2.22 bits per heavy atom. The zero-order chi connectivity index (χ0) is 27.0. The van der Waals surface area contributed by atoms with Crippen molar-refractivity contribution in [3.05, 3.63) is 36.0 Å².